The number of hydrogen-bond acceptors (Lipinski definition) is 4. The van der Waals surface area contributed by atoms with Crippen LogP contribution in [0.5, 0.6) is 0 Å². The van der Waals surface area contributed by atoms with Gasteiger partial charge in [-0.1, -0.05) is 97.1 Å². The molecule has 0 fully saturated rings. The first-order chi connectivity index (χ1) is 19.7. The number of H-pyrrole nitrogens is 1. The first-order valence-corrected chi connectivity index (χ1v) is 13.2. The van der Waals surface area contributed by atoms with Crippen LogP contribution in [0.1, 0.15) is 27.2 Å². The van der Waals surface area contributed by atoms with Gasteiger partial charge in [0.15, 0.2) is 0 Å². The lowest BCUT2D eigenvalue weighted by atomic mass is 10.0. The van der Waals surface area contributed by atoms with Gasteiger partial charge in [-0.25, -0.2) is 4.99 Å². The van der Waals surface area contributed by atoms with Crippen molar-refractivity contribution in [3.63, 3.8) is 0 Å². The second-order valence-electron chi connectivity index (χ2n) is 9.54. The minimum Gasteiger partial charge on any atom is -0.375 e. The number of ether oxygens (including phenoxy) is 1. The molecule has 5 aromatic rings. The van der Waals surface area contributed by atoms with E-state index in [-0.39, 0.29) is 5.91 Å². The fraction of sp³-hybridized carbons (Fsp3) is 0.121. The summed E-state index contributed by atoms with van der Waals surface area (Å²) in [5.74, 6) is -0.733. The maximum Gasteiger partial charge on any atom is 0.272 e. The molecule has 2 N–H and O–H groups in total. The molecule has 0 aliphatic carbocycles. The number of para-hydroxylation sites is 2. The summed E-state index contributed by atoms with van der Waals surface area (Å²) in [6, 6.07) is 36.7. The largest absolute Gasteiger partial charge is 0.375 e. The molecule has 2 amide bonds. The van der Waals surface area contributed by atoms with E-state index in [0.29, 0.717) is 31.2 Å². The average molecular weight is 529 g/mol. The summed E-state index contributed by atoms with van der Waals surface area (Å²) in [4.78, 5) is 37.1. The number of benzene rings is 4. The van der Waals surface area contributed by atoms with Gasteiger partial charge in [0.25, 0.3) is 11.8 Å². The number of nitrogens with one attached hydrogen (secondary N) is 2. The molecule has 2 heterocycles. The monoisotopic (exact) mass is 528 g/mol. The molecule has 1 atom stereocenters. The predicted molar refractivity (Wildman–Crippen MR) is 157 cm³/mol. The van der Waals surface area contributed by atoms with Crippen molar-refractivity contribution in [2.45, 2.75) is 12.8 Å². The van der Waals surface area contributed by atoms with Gasteiger partial charge in [-0.2, -0.15) is 0 Å². The highest BCUT2D eigenvalue weighted by molar-refractivity contribution is 6.20. The van der Waals surface area contributed by atoms with Crippen LogP contribution < -0.4 is 10.2 Å². The Hall–Kier alpha value is -5.01. The van der Waals surface area contributed by atoms with E-state index in [9.17, 15) is 9.59 Å². The molecule has 0 saturated heterocycles. The number of nitrogens with zero attached hydrogens (tertiary/aromatic N) is 2. The summed E-state index contributed by atoms with van der Waals surface area (Å²) >= 11 is 0. The first-order valence-electron chi connectivity index (χ1n) is 13.2. The lowest BCUT2D eigenvalue weighted by Crippen LogP contribution is -2.48. The molecule has 1 aromatic heterocycles. The van der Waals surface area contributed by atoms with Crippen molar-refractivity contribution < 1.29 is 14.3 Å². The molecule has 0 spiro atoms. The number of amides is 2. The van der Waals surface area contributed by atoms with Crippen molar-refractivity contribution in [1.29, 1.82) is 0 Å². The molecule has 198 valence electrons. The fourth-order valence-electron chi connectivity index (χ4n) is 4.90. The van der Waals surface area contributed by atoms with Gasteiger partial charge >= 0.3 is 0 Å². The summed E-state index contributed by atoms with van der Waals surface area (Å²) in [5, 5.41) is 3.79. The Labute approximate surface area is 232 Å². The second-order valence-corrected chi connectivity index (χ2v) is 9.54. The van der Waals surface area contributed by atoms with Crippen LogP contribution in [0.3, 0.4) is 0 Å². The summed E-state index contributed by atoms with van der Waals surface area (Å²) in [6.45, 7) is 1.06. The van der Waals surface area contributed by atoms with Gasteiger partial charge in [0.2, 0.25) is 6.17 Å². The number of hydrogen-bond donors (Lipinski definition) is 2. The topological polar surface area (TPSA) is 86.8 Å². The quantitative estimate of drug-likeness (QED) is 0.267. The molecule has 4 aromatic carbocycles. The van der Waals surface area contributed by atoms with Crippen LogP contribution in [0.4, 0.5) is 5.69 Å². The van der Waals surface area contributed by atoms with Gasteiger partial charge < -0.3 is 19.9 Å². The Morgan fingerprint density at radius 1 is 0.875 bits per heavy atom. The van der Waals surface area contributed by atoms with Gasteiger partial charge in [-0.15, -0.1) is 0 Å². The van der Waals surface area contributed by atoms with Crippen molar-refractivity contribution in [2.75, 3.05) is 18.1 Å². The van der Waals surface area contributed by atoms with Crippen LogP contribution in [0.15, 0.2) is 120 Å². The Bertz CT molecular complexity index is 1650. The number of benzodiazepines with no additional fused rings is 1. The summed E-state index contributed by atoms with van der Waals surface area (Å²) < 4.78 is 5.93. The van der Waals surface area contributed by atoms with Crippen LogP contribution >= 0.6 is 0 Å². The average Bonchev–Trinajstić information content (AvgIpc) is 3.40. The highest BCUT2D eigenvalue weighted by Crippen LogP contribution is 2.28. The van der Waals surface area contributed by atoms with Crippen LogP contribution in [-0.2, 0) is 16.1 Å². The second kappa shape index (κ2) is 11.4. The SMILES string of the molecule is O=C(N[C@H]1N=C(c2ccccc2)c2ccccc2N(CCOCc2ccccc2)C1=O)c1cc2ccccc2[nH]1. The molecular formula is C33H28N4O3. The van der Waals surface area contributed by atoms with E-state index in [1.54, 1.807) is 11.0 Å². The number of aromatic nitrogens is 1. The molecule has 1 aliphatic heterocycles. The zero-order valence-electron chi connectivity index (χ0n) is 21.8. The number of fused-ring (bicyclic) bond motifs is 2. The molecule has 0 bridgehead atoms. The predicted octanol–water partition coefficient (Wildman–Crippen LogP) is 5.32. The molecule has 40 heavy (non-hydrogen) atoms. The lowest BCUT2D eigenvalue weighted by Gasteiger charge is -2.25. The smallest absolute Gasteiger partial charge is 0.272 e. The van der Waals surface area contributed by atoms with Crippen molar-refractivity contribution in [1.82, 2.24) is 10.3 Å². The van der Waals surface area contributed by atoms with Crippen molar-refractivity contribution in [3.8, 4) is 0 Å². The van der Waals surface area contributed by atoms with Gasteiger partial charge in [0.05, 0.1) is 24.6 Å². The van der Waals surface area contributed by atoms with Crippen LogP contribution in [0.2, 0.25) is 0 Å². The minimum absolute atomic E-state index is 0.305. The maximum absolute atomic E-state index is 14.0. The highest BCUT2D eigenvalue weighted by atomic mass is 16.5. The van der Waals surface area contributed by atoms with Gasteiger partial charge in [-0.3, -0.25) is 9.59 Å². The zero-order chi connectivity index (χ0) is 27.3. The third kappa shape index (κ3) is 5.28. The third-order valence-electron chi connectivity index (χ3n) is 6.87. The number of anilines is 1. The van der Waals surface area contributed by atoms with E-state index < -0.39 is 12.1 Å². The Balaban J connectivity index is 1.32. The molecule has 7 nitrogen and oxygen atoms in total. The summed E-state index contributed by atoms with van der Waals surface area (Å²) in [5.41, 5.74) is 5.30. The van der Waals surface area contributed by atoms with E-state index >= 15 is 0 Å². The number of aliphatic imine (C=N–C) groups is 1. The van der Waals surface area contributed by atoms with E-state index in [1.807, 2.05) is 109 Å². The van der Waals surface area contributed by atoms with Crippen LogP contribution in [-0.4, -0.2) is 41.8 Å². The standard InChI is InChI=1S/C33H28N4O3/c38-32(28-21-25-15-7-9-17-27(25)34-28)36-31-33(39)37(19-20-40-22-23-11-3-1-4-12-23)29-18-10-8-16-26(29)30(35-31)24-13-5-2-6-14-24/h1-18,21,31,34H,19-20,22H2,(H,36,38)/t31-/m1/s1. The molecule has 7 heteroatoms. The van der Waals surface area contributed by atoms with Crippen LogP contribution in [0, 0.1) is 0 Å². The van der Waals surface area contributed by atoms with Crippen molar-refractivity contribution in [3.05, 3.63) is 138 Å². The number of aromatic amines is 1. The van der Waals surface area contributed by atoms with E-state index in [0.717, 1.165) is 33.3 Å². The number of rotatable bonds is 8. The number of carbonyl (C=O) groups is 2. The van der Waals surface area contributed by atoms with E-state index in [2.05, 4.69) is 10.3 Å². The normalized spacial score (nSPS) is 14.9. The first kappa shape index (κ1) is 25.3. The molecule has 0 saturated carbocycles. The highest BCUT2D eigenvalue weighted by Gasteiger charge is 2.33. The van der Waals surface area contributed by atoms with E-state index in [4.69, 9.17) is 9.73 Å². The van der Waals surface area contributed by atoms with Gasteiger partial charge in [-0.05, 0) is 23.8 Å². The molecule has 0 unspecified atom stereocenters. The fourth-order valence-corrected chi connectivity index (χ4v) is 4.90. The number of carbonyl (C=O) groups excluding carboxylic acids is 2. The van der Waals surface area contributed by atoms with E-state index in [1.165, 1.54) is 0 Å². The molecule has 0 radical (unpaired) electrons. The van der Waals surface area contributed by atoms with Crippen LogP contribution in [0.25, 0.3) is 10.9 Å². The minimum atomic E-state index is -1.13. The Kier molecular flexibility index (Phi) is 7.20. The third-order valence-corrected chi connectivity index (χ3v) is 6.87. The molecular weight excluding hydrogens is 500 g/mol. The Morgan fingerprint density at radius 2 is 1.57 bits per heavy atom. The zero-order valence-corrected chi connectivity index (χ0v) is 21.8. The molecule has 6 rings (SSSR count). The van der Waals surface area contributed by atoms with Gasteiger partial charge in [0.1, 0.15) is 5.69 Å². The summed E-state index contributed by atoms with van der Waals surface area (Å²) in [6.07, 6.45) is -1.13. The van der Waals surface area contributed by atoms with Crippen molar-refractivity contribution in [2.24, 2.45) is 4.99 Å². The van der Waals surface area contributed by atoms with Crippen molar-refractivity contribution >= 4 is 34.1 Å². The Morgan fingerprint density at radius 3 is 2.38 bits per heavy atom. The molecule has 1 aliphatic rings. The lowest BCUT2D eigenvalue weighted by molar-refractivity contribution is -0.120. The maximum atomic E-state index is 14.0. The summed E-state index contributed by atoms with van der Waals surface area (Å²) in [7, 11) is 0. The van der Waals surface area contributed by atoms with Gasteiger partial charge in [0, 0.05) is 28.6 Å².